The van der Waals surface area contributed by atoms with Gasteiger partial charge in [0.25, 0.3) is 0 Å². The van der Waals surface area contributed by atoms with Gasteiger partial charge in [-0.1, -0.05) is 74.8 Å². The summed E-state index contributed by atoms with van der Waals surface area (Å²) in [5, 5.41) is 4.68. The van der Waals surface area contributed by atoms with Crippen molar-refractivity contribution in [2.75, 3.05) is 26.2 Å². The normalized spacial score (nSPS) is 13.4. The fourth-order valence-corrected chi connectivity index (χ4v) is 6.88. The summed E-state index contributed by atoms with van der Waals surface area (Å²) in [5.41, 5.74) is 4.45. The third kappa shape index (κ3) is 4.63. The third-order valence-corrected chi connectivity index (χ3v) is 8.32. The molecule has 0 radical (unpaired) electrons. The quantitative estimate of drug-likeness (QED) is 0.604. The second-order valence-corrected chi connectivity index (χ2v) is 10.4. The lowest BCUT2D eigenvalue weighted by Gasteiger charge is -2.21. The maximum absolute atomic E-state index is 2.46. The minimum Gasteiger partial charge on any atom is -0.0929 e. The van der Waals surface area contributed by atoms with Gasteiger partial charge in [-0.15, -0.1) is 0 Å². The first-order chi connectivity index (χ1) is 11.1. The summed E-state index contributed by atoms with van der Waals surface area (Å²) in [5.74, 6) is 0. The van der Waals surface area contributed by atoms with Crippen molar-refractivity contribution in [1.29, 1.82) is 0 Å². The van der Waals surface area contributed by atoms with Gasteiger partial charge in [0.2, 0.25) is 0 Å². The molecule has 0 nitrogen and oxygen atoms in total. The Labute approximate surface area is 147 Å². The molecule has 3 heteroatoms. The SMILES string of the molecule is CCCCP(C)c1ccccc1-c1c(PC)cc(C)cc1PC. The van der Waals surface area contributed by atoms with Gasteiger partial charge in [-0.2, -0.15) is 0 Å². The van der Waals surface area contributed by atoms with E-state index >= 15 is 0 Å². The van der Waals surface area contributed by atoms with Crippen LogP contribution in [0.15, 0.2) is 36.4 Å². The first-order valence-corrected chi connectivity index (χ1v) is 13.4. The molecule has 124 valence electrons. The summed E-state index contributed by atoms with van der Waals surface area (Å²) in [7, 11) is 1.64. The van der Waals surface area contributed by atoms with Crippen LogP contribution in [-0.4, -0.2) is 26.2 Å². The molecule has 0 amide bonds. The maximum atomic E-state index is 2.46. The second-order valence-electron chi connectivity index (χ2n) is 6.03. The van der Waals surface area contributed by atoms with Crippen LogP contribution in [0.3, 0.4) is 0 Å². The molecule has 3 unspecified atom stereocenters. The summed E-state index contributed by atoms with van der Waals surface area (Å²) in [6, 6.07) is 14.0. The van der Waals surface area contributed by atoms with Crippen molar-refractivity contribution < 1.29 is 0 Å². The molecule has 0 aliphatic carbocycles. The summed E-state index contributed by atoms with van der Waals surface area (Å²) in [4.78, 5) is 0. The van der Waals surface area contributed by atoms with Crippen LogP contribution in [0.4, 0.5) is 0 Å². The van der Waals surface area contributed by atoms with Gasteiger partial charge in [-0.05, 0) is 72.1 Å². The van der Waals surface area contributed by atoms with Gasteiger partial charge >= 0.3 is 0 Å². The molecule has 0 spiro atoms. The fraction of sp³-hybridized carbons (Fsp3) is 0.400. The van der Waals surface area contributed by atoms with Crippen LogP contribution < -0.4 is 15.9 Å². The molecule has 2 rings (SSSR count). The predicted molar refractivity (Wildman–Crippen MR) is 117 cm³/mol. The van der Waals surface area contributed by atoms with E-state index in [-0.39, 0.29) is 7.92 Å². The minimum absolute atomic E-state index is 0.0623. The Morgan fingerprint density at radius 3 is 2.17 bits per heavy atom. The van der Waals surface area contributed by atoms with Crippen molar-refractivity contribution in [3.8, 4) is 11.1 Å². The summed E-state index contributed by atoms with van der Waals surface area (Å²) >= 11 is 0. The monoisotopic (exact) mass is 362 g/mol. The Bertz CT molecular complexity index is 624. The third-order valence-electron chi connectivity index (χ3n) is 4.25. The maximum Gasteiger partial charge on any atom is -0.00288 e. The summed E-state index contributed by atoms with van der Waals surface area (Å²) < 4.78 is 0. The van der Waals surface area contributed by atoms with Crippen LogP contribution in [-0.2, 0) is 0 Å². The van der Waals surface area contributed by atoms with E-state index < -0.39 is 0 Å². The molecule has 0 aliphatic rings. The van der Waals surface area contributed by atoms with E-state index in [4.69, 9.17) is 0 Å². The van der Waals surface area contributed by atoms with Gasteiger partial charge in [0.05, 0.1) is 0 Å². The van der Waals surface area contributed by atoms with Gasteiger partial charge in [0, 0.05) is 0 Å². The number of unbranched alkanes of at least 4 members (excludes halogenated alkanes) is 1. The van der Waals surface area contributed by atoms with Crippen LogP contribution in [0.2, 0.25) is 0 Å². The van der Waals surface area contributed by atoms with Crippen molar-refractivity contribution in [1.82, 2.24) is 0 Å². The molecular formula is C20H29P3. The second kappa shape index (κ2) is 9.28. The van der Waals surface area contributed by atoms with Gasteiger partial charge in [0.15, 0.2) is 0 Å². The molecule has 0 saturated carbocycles. The molecular weight excluding hydrogens is 333 g/mol. The Balaban J connectivity index is 2.58. The van der Waals surface area contributed by atoms with Gasteiger partial charge in [-0.3, -0.25) is 0 Å². The highest BCUT2D eigenvalue weighted by Crippen LogP contribution is 2.36. The standard InChI is InChI=1S/C20H29P3/c1-6-7-12-23(5)19-11-9-8-10-16(19)20-17(21-3)13-15(2)14-18(20)22-4/h8-11,13-14,21-22H,6-7,12H2,1-5H3. The highest BCUT2D eigenvalue weighted by atomic mass is 31.1. The molecule has 0 aromatic heterocycles. The molecule has 2 aromatic carbocycles. The van der Waals surface area contributed by atoms with Gasteiger partial charge in [0.1, 0.15) is 0 Å². The molecule has 3 atom stereocenters. The lowest BCUT2D eigenvalue weighted by atomic mass is 10.0. The summed E-state index contributed by atoms with van der Waals surface area (Å²) in [6.07, 6.45) is 3.99. The number of hydrogen-bond donors (Lipinski definition) is 0. The van der Waals surface area contributed by atoms with Crippen molar-refractivity contribution in [2.24, 2.45) is 0 Å². The van der Waals surface area contributed by atoms with E-state index in [0.29, 0.717) is 0 Å². The molecule has 2 aromatic rings. The first kappa shape index (κ1) is 19.1. The largest absolute Gasteiger partial charge is 0.0929 e. The van der Waals surface area contributed by atoms with Crippen LogP contribution in [0.5, 0.6) is 0 Å². The number of rotatable bonds is 7. The van der Waals surface area contributed by atoms with E-state index in [0.717, 1.165) is 17.2 Å². The van der Waals surface area contributed by atoms with E-state index in [1.54, 1.807) is 21.5 Å². The molecule has 0 N–H and O–H groups in total. The molecule has 0 fully saturated rings. The Morgan fingerprint density at radius 2 is 1.61 bits per heavy atom. The van der Waals surface area contributed by atoms with Gasteiger partial charge in [-0.25, -0.2) is 0 Å². The molecule has 0 bridgehead atoms. The zero-order chi connectivity index (χ0) is 16.8. The zero-order valence-corrected chi connectivity index (χ0v) is 17.9. The number of hydrogen-bond acceptors (Lipinski definition) is 0. The summed E-state index contributed by atoms with van der Waals surface area (Å²) in [6.45, 7) is 11.6. The zero-order valence-electron chi connectivity index (χ0n) is 15.0. The Kier molecular flexibility index (Phi) is 7.69. The first-order valence-electron chi connectivity index (χ1n) is 8.43. The predicted octanol–water partition coefficient (Wildman–Crippen LogP) is 5.07. The fourth-order valence-electron chi connectivity index (χ4n) is 3.00. The van der Waals surface area contributed by atoms with Crippen LogP contribution in [0.25, 0.3) is 11.1 Å². The highest BCUT2D eigenvalue weighted by Gasteiger charge is 2.16. The molecule has 0 heterocycles. The molecule has 0 saturated heterocycles. The van der Waals surface area contributed by atoms with E-state index in [2.05, 4.69) is 70.2 Å². The van der Waals surface area contributed by atoms with Crippen LogP contribution in [0.1, 0.15) is 25.3 Å². The van der Waals surface area contributed by atoms with Crippen molar-refractivity contribution in [3.05, 3.63) is 42.0 Å². The average Bonchev–Trinajstić information content (AvgIpc) is 2.58. The van der Waals surface area contributed by atoms with E-state index in [1.165, 1.54) is 30.1 Å². The average molecular weight is 362 g/mol. The van der Waals surface area contributed by atoms with E-state index in [9.17, 15) is 0 Å². The minimum atomic E-state index is -0.0623. The lowest BCUT2D eigenvalue weighted by molar-refractivity contribution is 0.893. The Morgan fingerprint density at radius 1 is 1.00 bits per heavy atom. The van der Waals surface area contributed by atoms with Crippen LogP contribution >= 0.6 is 25.1 Å². The highest BCUT2D eigenvalue weighted by molar-refractivity contribution is 7.65. The van der Waals surface area contributed by atoms with Crippen LogP contribution in [0, 0.1) is 6.92 Å². The van der Waals surface area contributed by atoms with Crippen molar-refractivity contribution in [3.63, 3.8) is 0 Å². The molecule has 23 heavy (non-hydrogen) atoms. The topological polar surface area (TPSA) is 0 Å². The Hall–Kier alpha value is -0.270. The van der Waals surface area contributed by atoms with Crippen molar-refractivity contribution >= 4 is 41.0 Å². The number of benzene rings is 2. The van der Waals surface area contributed by atoms with E-state index in [1.807, 2.05) is 0 Å². The van der Waals surface area contributed by atoms with Gasteiger partial charge < -0.3 is 0 Å². The smallest absolute Gasteiger partial charge is 0.00288 e. The lowest BCUT2D eigenvalue weighted by Crippen LogP contribution is -2.18. The molecule has 0 aliphatic heterocycles. The van der Waals surface area contributed by atoms with Crippen molar-refractivity contribution in [2.45, 2.75) is 26.7 Å². The number of aryl methyl sites for hydroxylation is 1.